The average molecular weight is 276 g/mol. The number of hydrogen-bond donors (Lipinski definition) is 0. The molecule has 1 rings (SSSR count). The molecule has 0 aromatic rings. The van der Waals surface area contributed by atoms with Crippen LogP contribution in [0.3, 0.4) is 0 Å². The van der Waals surface area contributed by atoms with Crippen molar-refractivity contribution in [3.05, 3.63) is 0 Å². The van der Waals surface area contributed by atoms with Crippen LogP contribution in [0.25, 0.3) is 0 Å². The van der Waals surface area contributed by atoms with Crippen molar-refractivity contribution in [1.29, 1.82) is 0 Å². The maximum Gasteiger partial charge on any atom is 0.344 e. The lowest BCUT2D eigenvalue weighted by molar-refractivity contribution is -0.122. The van der Waals surface area contributed by atoms with Crippen molar-refractivity contribution >= 4 is 13.4 Å². The second-order valence-electron chi connectivity index (χ2n) is 5.21. The van der Waals surface area contributed by atoms with Crippen LogP contribution in [-0.4, -0.2) is 24.2 Å². The van der Waals surface area contributed by atoms with E-state index in [-0.39, 0.29) is 11.7 Å². The van der Waals surface area contributed by atoms with Gasteiger partial charge in [0.1, 0.15) is 5.16 Å². The summed E-state index contributed by atoms with van der Waals surface area (Å²) in [6, 6.07) is 0. The van der Waals surface area contributed by atoms with Gasteiger partial charge in [0.2, 0.25) is 0 Å². The smallest absolute Gasteiger partial charge is 0.308 e. The Kier molecular flexibility index (Phi) is 5.57. The van der Waals surface area contributed by atoms with E-state index in [9.17, 15) is 9.36 Å². The predicted octanol–water partition coefficient (Wildman–Crippen LogP) is 3.79. The van der Waals surface area contributed by atoms with E-state index in [1.54, 1.807) is 0 Å². The third kappa shape index (κ3) is 3.04. The fourth-order valence-corrected chi connectivity index (χ4v) is 4.62. The second-order valence-corrected chi connectivity index (χ2v) is 7.58. The lowest BCUT2D eigenvalue weighted by Crippen LogP contribution is -2.29. The summed E-state index contributed by atoms with van der Waals surface area (Å²) >= 11 is 0. The SMILES string of the molecule is CCCOP(=O)(OCCC)C1(C(=O)C(C)C)CC1. The summed E-state index contributed by atoms with van der Waals surface area (Å²) in [6.07, 6.45) is 2.81. The number of ketones is 1. The zero-order chi connectivity index (χ0) is 13.8. The summed E-state index contributed by atoms with van der Waals surface area (Å²) in [5, 5.41) is -0.842. The van der Waals surface area contributed by atoms with Crippen LogP contribution in [0.2, 0.25) is 0 Å². The molecule has 0 aliphatic heterocycles. The molecule has 1 saturated carbocycles. The molecule has 0 unspecified atom stereocenters. The standard InChI is InChI=1S/C13H25O4P/c1-5-9-16-18(15,17-10-6-2)13(7-8-13)12(14)11(3)4/h11H,5-10H2,1-4H3. The van der Waals surface area contributed by atoms with Crippen molar-refractivity contribution < 1.29 is 18.4 Å². The Morgan fingerprint density at radius 2 is 1.61 bits per heavy atom. The minimum atomic E-state index is -3.30. The molecular formula is C13H25O4P. The van der Waals surface area contributed by atoms with Gasteiger partial charge in [-0.3, -0.25) is 9.36 Å². The van der Waals surface area contributed by atoms with Gasteiger partial charge in [-0.05, 0) is 25.7 Å². The van der Waals surface area contributed by atoms with Gasteiger partial charge < -0.3 is 9.05 Å². The van der Waals surface area contributed by atoms with Crippen LogP contribution in [0.1, 0.15) is 53.4 Å². The lowest BCUT2D eigenvalue weighted by atomic mass is 10.1. The topological polar surface area (TPSA) is 52.6 Å². The molecule has 4 nitrogen and oxygen atoms in total. The molecule has 0 radical (unpaired) electrons. The average Bonchev–Trinajstić information content (AvgIpc) is 3.14. The van der Waals surface area contributed by atoms with Gasteiger partial charge in [-0.1, -0.05) is 27.7 Å². The minimum absolute atomic E-state index is 0.0260. The first-order chi connectivity index (χ1) is 8.43. The van der Waals surface area contributed by atoms with E-state index in [1.807, 2.05) is 27.7 Å². The Balaban J connectivity index is 2.88. The molecule has 0 amide bonds. The normalized spacial score (nSPS) is 18.1. The Morgan fingerprint density at radius 1 is 1.17 bits per heavy atom. The molecule has 1 aliphatic carbocycles. The van der Waals surface area contributed by atoms with Crippen molar-refractivity contribution in [3.8, 4) is 0 Å². The van der Waals surface area contributed by atoms with Crippen LogP contribution in [0.5, 0.6) is 0 Å². The third-order valence-corrected chi connectivity index (χ3v) is 5.92. The van der Waals surface area contributed by atoms with Gasteiger partial charge in [0, 0.05) is 5.92 Å². The fourth-order valence-electron chi connectivity index (χ4n) is 2.02. The van der Waals surface area contributed by atoms with E-state index >= 15 is 0 Å². The first-order valence-electron chi connectivity index (χ1n) is 6.87. The van der Waals surface area contributed by atoms with Crippen molar-refractivity contribution in [2.45, 2.75) is 58.5 Å². The van der Waals surface area contributed by atoms with Crippen LogP contribution in [-0.2, 0) is 18.4 Å². The molecule has 106 valence electrons. The van der Waals surface area contributed by atoms with Crippen molar-refractivity contribution in [2.75, 3.05) is 13.2 Å². The van der Waals surface area contributed by atoms with Crippen LogP contribution in [0.15, 0.2) is 0 Å². The summed E-state index contributed by atoms with van der Waals surface area (Å²) in [5.41, 5.74) is 0. The Bertz CT molecular complexity index is 322. The van der Waals surface area contributed by atoms with Gasteiger partial charge >= 0.3 is 7.60 Å². The number of carbonyl (C=O) groups is 1. The number of rotatable bonds is 9. The zero-order valence-corrected chi connectivity index (χ0v) is 12.8. The first kappa shape index (κ1) is 15.9. The van der Waals surface area contributed by atoms with Gasteiger partial charge in [0.05, 0.1) is 13.2 Å². The first-order valence-corrected chi connectivity index (χ1v) is 8.41. The van der Waals surface area contributed by atoms with Crippen molar-refractivity contribution in [3.63, 3.8) is 0 Å². The quantitative estimate of drug-likeness (QED) is 0.601. The summed E-state index contributed by atoms with van der Waals surface area (Å²) in [7, 11) is -3.30. The summed E-state index contributed by atoms with van der Waals surface area (Å²) in [5.74, 6) is -0.102. The summed E-state index contributed by atoms with van der Waals surface area (Å²) in [4.78, 5) is 12.3. The Hall–Kier alpha value is -0.180. The summed E-state index contributed by atoms with van der Waals surface area (Å²) in [6.45, 7) is 8.35. The maximum absolute atomic E-state index is 12.9. The highest BCUT2D eigenvalue weighted by molar-refractivity contribution is 7.57. The molecule has 0 N–H and O–H groups in total. The highest BCUT2D eigenvalue weighted by atomic mass is 31.2. The molecule has 0 aromatic heterocycles. The number of Topliss-reactive ketones (excluding diaryl/α,β-unsaturated/α-hetero) is 1. The van der Waals surface area contributed by atoms with Crippen LogP contribution < -0.4 is 0 Å². The van der Waals surface area contributed by atoms with Gasteiger partial charge in [0.15, 0.2) is 5.78 Å². The van der Waals surface area contributed by atoms with Crippen molar-refractivity contribution in [2.24, 2.45) is 5.92 Å². The molecule has 0 heterocycles. The van der Waals surface area contributed by atoms with Crippen molar-refractivity contribution in [1.82, 2.24) is 0 Å². The maximum atomic E-state index is 12.9. The molecule has 5 heteroatoms. The number of hydrogen-bond acceptors (Lipinski definition) is 4. The lowest BCUT2D eigenvalue weighted by Gasteiger charge is -2.26. The largest absolute Gasteiger partial charge is 0.344 e. The Morgan fingerprint density at radius 3 is 1.89 bits per heavy atom. The molecule has 18 heavy (non-hydrogen) atoms. The van der Waals surface area contributed by atoms with E-state index in [2.05, 4.69) is 0 Å². The molecule has 0 bridgehead atoms. The number of carbonyl (C=O) groups excluding carboxylic acids is 1. The highest BCUT2D eigenvalue weighted by Gasteiger charge is 2.65. The van der Waals surface area contributed by atoms with E-state index < -0.39 is 12.8 Å². The third-order valence-electron chi connectivity index (χ3n) is 3.16. The van der Waals surface area contributed by atoms with Gasteiger partial charge in [-0.15, -0.1) is 0 Å². The molecule has 0 aromatic carbocycles. The van der Waals surface area contributed by atoms with Gasteiger partial charge in [0.25, 0.3) is 0 Å². The molecule has 0 spiro atoms. The monoisotopic (exact) mass is 276 g/mol. The van der Waals surface area contributed by atoms with E-state index in [1.165, 1.54) is 0 Å². The molecule has 1 fully saturated rings. The van der Waals surface area contributed by atoms with Crippen LogP contribution in [0, 0.1) is 5.92 Å². The van der Waals surface area contributed by atoms with E-state index in [0.29, 0.717) is 26.1 Å². The molecule has 0 atom stereocenters. The fraction of sp³-hybridized carbons (Fsp3) is 0.923. The molecule has 1 aliphatic rings. The summed E-state index contributed by atoms with van der Waals surface area (Å²) < 4.78 is 23.9. The van der Waals surface area contributed by atoms with E-state index in [4.69, 9.17) is 9.05 Å². The molecular weight excluding hydrogens is 251 g/mol. The second kappa shape index (κ2) is 6.31. The minimum Gasteiger partial charge on any atom is -0.308 e. The van der Waals surface area contributed by atoms with Crippen LogP contribution in [0.4, 0.5) is 0 Å². The highest BCUT2D eigenvalue weighted by Crippen LogP contribution is 2.72. The predicted molar refractivity (Wildman–Crippen MR) is 71.9 cm³/mol. The Labute approximate surface area is 110 Å². The molecule has 0 saturated heterocycles. The van der Waals surface area contributed by atoms with E-state index in [0.717, 1.165) is 12.8 Å². The zero-order valence-electron chi connectivity index (χ0n) is 11.9. The van der Waals surface area contributed by atoms with Crippen LogP contribution >= 0.6 is 7.60 Å². The van der Waals surface area contributed by atoms with Gasteiger partial charge in [-0.2, -0.15) is 0 Å². The van der Waals surface area contributed by atoms with Gasteiger partial charge in [-0.25, -0.2) is 0 Å².